The van der Waals surface area contributed by atoms with Crippen LogP contribution >= 0.6 is 22.7 Å². The monoisotopic (exact) mass is 287 g/mol. The van der Waals surface area contributed by atoms with Crippen molar-refractivity contribution in [1.82, 2.24) is 0 Å². The molecule has 0 saturated carbocycles. The number of nitrogens with zero attached hydrogens (tertiary/aromatic N) is 1. The summed E-state index contributed by atoms with van der Waals surface area (Å²) in [5.41, 5.74) is 1.76. The molecular formula is C14H9NO2S2. The van der Waals surface area contributed by atoms with Gasteiger partial charge in [0, 0.05) is 16.5 Å². The van der Waals surface area contributed by atoms with E-state index in [-0.39, 0.29) is 10.6 Å². The Morgan fingerprint density at radius 3 is 2.47 bits per heavy atom. The summed E-state index contributed by atoms with van der Waals surface area (Å²) in [6.07, 6.45) is 0. The van der Waals surface area contributed by atoms with Crippen LogP contribution < -0.4 is 0 Å². The Kier molecular flexibility index (Phi) is 3.15. The third-order valence-electron chi connectivity index (χ3n) is 2.80. The van der Waals surface area contributed by atoms with Crippen molar-refractivity contribution in [2.24, 2.45) is 0 Å². The fourth-order valence-corrected chi connectivity index (χ4v) is 3.78. The molecule has 3 aromatic rings. The molecule has 0 fully saturated rings. The van der Waals surface area contributed by atoms with Gasteiger partial charge in [-0.15, -0.1) is 22.7 Å². The van der Waals surface area contributed by atoms with Gasteiger partial charge in [-0.05, 0) is 29.0 Å². The van der Waals surface area contributed by atoms with E-state index >= 15 is 0 Å². The summed E-state index contributed by atoms with van der Waals surface area (Å²) in [6.45, 7) is 0. The third-order valence-corrected chi connectivity index (χ3v) is 4.77. The van der Waals surface area contributed by atoms with Crippen LogP contribution in [0.25, 0.3) is 20.9 Å². The molecule has 3 rings (SSSR count). The fraction of sp³-hybridized carbons (Fsp3) is 0. The van der Waals surface area contributed by atoms with E-state index in [4.69, 9.17) is 0 Å². The lowest BCUT2D eigenvalue weighted by molar-refractivity contribution is -0.384. The van der Waals surface area contributed by atoms with Gasteiger partial charge in [0.15, 0.2) is 0 Å². The minimum Gasteiger partial charge on any atom is -0.258 e. The maximum Gasteiger partial charge on any atom is 0.277 e. The Bertz CT molecular complexity index is 717. The number of benzene rings is 1. The molecule has 0 amide bonds. The highest BCUT2D eigenvalue weighted by atomic mass is 32.1. The van der Waals surface area contributed by atoms with Crippen LogP contribution in [0.2, 0.25) is 0 Å². The van der Waals surface area contributed by atoms with E-state index in [9.17, 15) is 10.1 Å². The molecule has 0 aliphatic carbocycles. The summed E-state index contributed by atoms with van der Waals surface area (Å²) in [6, 6.07) is 12.8. The summed E-state index contributed by atoms with van der Waals surface area (Å²) in [5.74, 6) is 0. The zero-order valence-corrected chi connectivity index (χ0v) is 11.4. The minimum absolute atomic E-state index is 0.152. The predicted octanol–water partition coefficient (Wildman–Crippen LogP) is 5.05. The van der Waals surface area contributed by atoms with Crippen molar-refractivity contribution in [3.05, 3.63) is 63.3 Å². The molecule has 0 atom stereocenters. The van der Waals surface area contributed by atoms with Gasteiger partial charge in [-0.2, -0.15) is 0 Å². The summed E-state index contributed by atoms with van der Waals surface area (Å²) < 4.78 is 0. The molecule has 0 bridgehead atoms. The molecule has 5 heteroatoms. The molecule has 0 unspecified atom stereocenters. The molecule has 0 aliphatic rings. The van der Waals surface area contributed by atoms with Gasteiger partial charge in [-0.3, -0.25) is 10.1 Å². The van der Waals surface area contributed by atoms with Crippen LogP contribution in [-0.4, -0.2) is 4.92 Å². The number of hydrogen-bond donors (Lipinski definition) is 0. The van der Waals surface area contributed by atoms with E-state index in [0.29, 0.717) is 5.56 Å². The molecule has 0 saturated heterocycles. The fourth-order valence-electron chi connectivity index (χ4n) is 1.98. The van der Waals surface area contributed by atoms with Crippen LogP contribution in [0.3, 0.4) is 0 Å². The van der Waals surface area contributed by atoms with Crippen molar-refractivity contribution in [1.29, 1.82) is 0 Å². The zero-order valence-electron chi connectivity index (χ0n) is 9.78. The van der Waals surface area contributed by atoms with Crippen LogP contribution in [0, 0.1) is 10.1 Å². The Labute approximate surface area is 117 Å². The van der Waals surface area contributed by atoms with Crippen molar-refractivity contribution in [3.8, 4) is 20.9 Å². The molecule has 1 aromatic carbocycles. The first-order chi connectivity index (χ1) is 9.27. The van der Waals surface area contributed by atoms with Gasteiger partial charge in [-0.1, -0.05) is 18.2 Å². The van der Waals surface area contributed by atoms with Crippen LogP contribution in [0.4, 0.5) is 5.69 Å². The summed E-state index contributed by atoms with van der Waals surface area (Å²) in [5, 5.41) is 15.1. The van der Waals surface area contributed by atoms with E-state index in [1.54, 1.807) is 40.9 Å². The molecule has 0 aliphatic heterocycles. The topological polar surface area (TPSA) is 43.1 Å². The standard InChI is InChI=1S/C14H9NO2S2/c16-15(17)12-5-2-1-4-10(12)11-7-9-19-14(11)13-6-3-8-18-13/h1-9H. The van der Waals surface area contributed by atoms with Crippen LogP contribution in [0.15, 0.2) is 53.2 Å². The van der Waals surface area contributed by atoms with Gasteiger partial charge >= 0.3 is 0 Å². The number of thiophene rings is 2. The van der Waals surface area contributed by atoms with E-state index in [2.05, 4.69) is 0 Å². The molecule has 2 heterocycles. The largest absolute Gasteiger partial charge is 0.277 e. The van der Waals surface area contributed by atoms with Gasteiger partial charge in [0.1, 0.15) is 0 Å². The Morgan fingerprint density at radius 1 is 0.895 bits per heavy atom. The highest BCUT2D eigenvalue weighted by molar-refractivity contribution is 7.20. The van der Waals surface area contributed by atoms with Gasteiger partial charge in [0.2, 0.25) is 0 Å². The van der Waals surface area contributed by atoms with E-state index in [0.717, 1.165) is 15.3 Å². The van der Waals surface area contributed by atoms with Crippen molar-refractivity contribution in [2.75, 3.05) is 0 Å². The lowest BCUT2D eigenvalue weighted by Gasteiger charge is -2.03. The number of rotatable bonds is 3. The molecule has 0 radical (unpaired) electrons. The second-order valence-corrected chi connectivity index (χ2v) is 5.78. The first-order valence-corrected chi connectivity index (χ1v) is 7.38. The van der Waals surface area contributed by atoms with E-state index in [1.807, 2.05) is 35.0 Å². The second kappa shape index (κ2) is 4.95. The quantitative estimate of drug-likeness (QED) is 0.499. The van der Waals surface area contributed by atoms with Gasteiger partial charge < -0.3 is 0 Å². The predicted molar refractivity (Wildman–Crippen MR) is 79.7 cm³/mol. The molecule has 94 valence electrons. The summed E-state index contributed by atoms with van der Waals surface area (Å²) >= 11 is 3.25. The van der Waals surface area contributed by atoms with E-state index < -0.39 is 0 Å². The minimum atomic E-state index is -0.328. The zero-order chi connectivity index (χ0) is 13.2. The normalized spacial score (nSPS) is 10.5. The highest BCUT2D eigenvalue weighted by Gasteiger charge is 2.18. The molecule has 0 N–H and O–H groups in total. The summed E-state index contributed by atoms with van der Waals surface area (Å²) in [7, 11) is 0. The van der Waals surface area contributed by atoms with Gasteiger partial charge in [0.05, 0.1) is 15.4 Å². The highest BCUT2D eigenvalue weighted by Crippen LogP contribution is 2.41. The second-order valence-electron chi connectivity index (χ2n) is 3.91. The van der Waals surface area contributed by atoms with Crippen molar-refractivity contribution >= 4 is 28.4 Å². The lowest BCUT2D eigenvalue weighted by atomic mass is 10.0. The molecular weight excluding hydrogens is 278 g/mol. The number of para-hydroxylation sites is 1. The number of hydrogen-bond acceptors (Lipinski definition) is 4. The average Bonchev–Trinajstić information content (AvgIpc) is 3.09. The van der Waals surface area contributed by atoms with Crippen molar-refractivity contribution in [3.63, 3.8) is 0 Å². The van der Waals surface area contributed by atoms with Crippen molar-refractivity contribution < 1.29 is 4.92 Å². The molecule has 2 aromatic heterocycles. The maximum atomic E-state index is 11.1. The van der Waals surface area contributed by atoms with Crippen LogP contribution in [0.1, 0.15) is 0 Å². The Morgan fingerprint density at radius 2 is 1.74 bits per heavy atom. The molecule has 3 nitrogen and oxygen atoms in total. The first kappa shape index (κ1) is 12.1. The number of nitro groups is 1. The van der Waals surface area contributed by atoms with Gasteiger partial charge in [0.25, 0.3) is 5.69 Å². The molecule has 0 spiro atoms. The van der Waals surface area contributed by atoms with Crippen LogP contribution in [-0.2, 0) is 0 Å². The SMILES string of the molecule is O=[N+]([O-])c1ccccc1-c1ccsc1-c1cccs1. The third kappa shape index (κ3) is 2.18. The van der Waals surface area contributed by atoms with Gasteiger partial charge in [-0.25, -0.2) is 0 Å². The average molecular weight is 287 g/mol. The van der Waals surface area contributed by atoms with E-state index in [1.165, 1.54) is 0 Å². The Balaban J connectivity index is 2.19. The maximum absolute atomic E-state index is 11.1. The summed E-state index contributed by atoms with van der Waals surface area (Å²) in [4.78, 5) is 13.0. The first-order valence-electron chi connectivity index (χ1n) is 5.62. The van der Waals surface area contributed by atoms with Crippen molar-refractivity contribution in [2.45, 2.75) is 0 Å². The smallest absolute Gasteiger partial charge is 0.258 e. The Hall–Kier alpha value is -1.98. The lowest BCUT2D eigenvalue weighted by Crippen LogP contribution is -1.91. The molecule has 19 heavy (non-hydrogen) atoms. The van der Waals surface area contributed by atoms with Crippen LogP contribution in [0.5, 0.6) is 0 Å². The number of nitro benzene ring substituents is 1.